The van der Waals surface area contributed by atoms with E-state index in [1.165, 1.54) is 6.33 Å². The molecule has 25 heavy (non-hydrogen) atoms. The van der Waals surface area contributed by atoms with Crippen molar-refractivity contribution in [1.82, 2.24) is 30.2 Å². The summed E-state index contributed by atoms with van der Waals surface area (Å²) in [5.41, 5.74) is 1.29. The Labute approximate surface area is 144 Å². The van der Waals surface area contributed by atoms with Gasteiger partial charge in [-0.25, -0.2) is 4.98 Å². The monoisotopic (exact) mass is 338 g/mol. The molecule has 0 aliphatic heterocycles. The number of aryl methyl sites for hydroxylation is 1. The number of carbonyl (C=O) groups is 1. The van der Waals surface area contributed by atoms with Crippen LogP contribution in [0.15, 0.2) is 35.1 Å². The molecule has 0 radical (unpaired) electrons. The van der Waals surface area contributed by atoms with Crippen molar-refractivity contribution < 1.29 is 9.32 Å². The van der Waals surface area contributed by atoms with Crippen molar-refractivity contribution in [3.8, 4) is 11.4 Å². The summed E-state index contributed by atoms with van der Waals surface area (Å²) in [6.07, 6.45) is 3.67. The molecule has 2 heterocycles. The van der Waals surface area contributed by atoms with Crippen LogP contribution < -0.4 is 5.32 Å². The first-order valence-electron chi connectivity index (χ1n) is 8.20. The fraction of sp³-hybridized carbons (Fsp3) is 0.353. The molecular formula is C17H18N6O2. The smallest absolute Gasteiger partial charge is 0.251 e. The average Bonchev–Trinajstić information content (AvgIpc) is 3.18. The van der Waals surface area contributed by atoms with Crippen molar-refractivity contribution in [2.24, 2.45) is 7.05 Å². The van der Waals surface area contributed by atoms with Gasteiger partial charge < -0.3 is 9.84 Å². The van der Waals surface area contributed by atoms with E-state index in [1.807, 2.05) is 19.1 Å². The van der Waals surface area contributed by atoms with Gasteiger partial charge in [0.1, 0.15) is 12.2 Å². The second-order valence-electron chi connectivity index (χ2n) is 6.25. The first kappa shape index (κ1) is 15.5. The van der Waals surface area contributed by atoms with Crippen LogP contribution in [0.25, 0.3) is 11.4 Å². The summed E-state index contributed by atoms with van der Waals surface area (Å²) >= 11 is 0. The minimum atomic E-state index is -0.254. The number of amides is 1. The second-order valence-corrected chi connectivity index (χ2v) is 6.25. The standard InChI is InChI=1S/C17H18N6O2/c1-10(15-18-9-19-23(15)2)20-16(24)13-5-3-4-12(8-13)14-21-17(25-22-14)11-6-7-11/h3-5,8-11H,6-7H2,1-2H3,(H,20,24). The molecule has 1 fully saturated rings. The molecule has 1 N–H and O–H groups in total. The number of aromatic nitrogens is 5. The number of benzene rings is 1. The quantitative estimate of drug-likeness (QED) is 0.766. The van der Waals surface area contributed by atoms with Gasteiger partial charge in [0.2, 0.25) is 11.7 Å². The van der Waals surface area contributed by atoms with Crippen molar-refractivity contribution in [3.05, 3.63) is 47.9 Å². The molecule has 1 unspecified atom stereocenters. The number of rotatable bonds is 5. The van der Waals surface area contributed by atoms with Crippen LogP contribution in [-0.4, -0.2) is 30.8 Å². The van der Waals surface area contributed by atoms with Crippen molar-refractivity contribution >= 4 is 5.91 Å². The van der Waals surface area contributed by atoms with Gasteiger partial charge in [-0.2, -0.15) is 10.1 Å². The lowest BCUT2D eigenvalue weighted by atomic mass is 10.1. The molecule has 8 nitrogen and oxygen atoms in total. The number of carbonyl (C=O) groups excluding carboxylic acids is 1. The van der Waals surface area contributed by atoms with E-state index in [1.54, 1.807) is 23.9 Å². The molecule has 1 amide bonds. The molecule has 1 atom stereocenters. The number of nitrogens with zero attached hydrogens (tertiary/aromatic N) is 5. The maximum atomic E-state index is 12.5. The lowest BCUT2D eigenvalue weighted by molar-refractivity contribution is 0.0937. The fourth-order valence-electron chi connectivity index (χ4n) is 2.69. The predicted molar refractivity (Wildman–Crippen MR) is 88.6 cm³/mol. The molecule has 0 spiro atoms. The zero-order chi connectivity index (χ0) is 17.4. The van der Waals surface area contributed by atoms with Gasteiger partial charge in [0.15, 0.2) is 0 Å². The number of hydrogen-bond acceptors (Lipinski definition) is 6. The maximum Gasteiger partial charge on any atom is 0.251 e. The molecule has 0 bridgehead atoms. The summed E-state index contributed by atoms with van der Waals surface area (Å²) in [4.78, 5) is 21.1. The average molecular weight is 338 g/mol. The summed E-state index contributed by atoms with van der Waals surface area (Å²) in [5.74, 6) is 2.10. The van der Waals surface area contributed by atoms with Gasteiger partial charge in [0, 0.05) is 24.1 Å². The van der Waals surface area contributed by atoms with E-state index in [-0.39, 0.29) is 11.9 Å². The van der Waals surface area contributed by atoms with E-state index < -0.39 is 0 Å². The van der Waals surface area contributed by atoms with Crippen LogP contribution in [0.4, 0.5) is 0 Å². The Kier molecular flexibility index (Phi) is 3.79. The third-order valence-electron chi connectivity index (χ3n) is 4.23. The van der Waals surface area contributed by atoms with Crippen LogP contribution >= 0.6 is 0 Å². The molecule has 8 heteroatoms. The lowest BCUT2D eigenvalue weighted by Crippen LogP contribution is -2.28. The van der Waals surface area contributed by atoms with Gasteiger partial charge in [-0.15, -0.1) is 0 Å². The van der Waals surface area contributed by atoms with Crippen LogP contribution in [0, 0.1) is 0 Å². The number of hydrogen-bond donors (Lipinski definition) is 1. The van der Waals surface area contributed by atoms with Crippen molar-refractivity contribution in [1.29, 1.82) is 0 Å². The second kappa shape index (κ2) is 6.12. The van der Waals surface area contributed by atoms with E-state index in [2.05, 4.69) is 25.5 Å². The molecule has 4 rings (SSSR count). The molecule has 3 aromatic rings. The summed E-state index contributed by atoms with van der Waals surface area (Å²) in [5, 5.41) is 11.0. The van der Waals surface area contributed by atoms with Crippen molar-refractivity contribution in [2.75, 3.05) is 0 Å². The van der Waals surface area contributed by atoms with Crippen molar-refractivity contribution in [2.45, 2.75) is 31.7 Å². The highest BCUT2D eigenvalue weighted by Gasteiger charge is 2.29. The van der Waals surface area contributed by atoms with Crippen LogP contribution in [0.2, 0.25) is 0 Å². The first-order chi connectivity index (χ1) is 12.1. The Morgan fingerprint density at radius 1 is 1.40 bits per heavy atom. The summed E-state index contributed by atoms with van der Waals surface area (Å²) in [7, 11) is 1.79. The zero-order valence-corrected chi connectivity index (χ0v) is 14.0. The highest BCUT2D eigenvalue weighted by Crippen LogP contribution is 2.39. The molecule has 0 saturated heterocycles. The molecule has 128 valence electrons. The lowest BCUT2D eigenvalue weighted by Gasteiger charge is -2.13. The minimum absolute atomic E-state index is 0.191. The molecule has 1 aliphatic rings. The highest BCUT2D eigenvalue weighted by atomic mass is 16.5. The Morgan fingerprint density at radius 3 is 2.96 bits per heavy atom. The first-order valence-corrected chi connectivity index (χ1v) is 8.20. The molecule has 1 saturated carbocycles. The van der Waals surface area contributed by atoms with Crippen LogP contribution in [0.3, 0.4) is 0 Å². The van der Waals surface area contributed by atoms with E-state index in [0.717, 1.165) is 18.4 Å². The minimum Gasteiger partial charge on any atom is -0.342 e. The van der Waals surface area contributed by atoms with Crippen LogP contribution in [0.5, 0.6) is 0 Å². The van der Waals surface area contributed by atoms with E-state index in [9.17, 15) is 4.79 Å². The van der Waals surface area contributed by atoms with Crippen LogP contribution in [-0.2, 0) is 7.05 Å². The molecule has 1 aromatic carbocycles. The van der Waals surface area contributed by atoms with E-state index >= 15 is 0 Å². The van der Waals surface area contributed by atoms with E-state index in [0.29, 0.717) is 29.0 Å². The largest absolute Gasteiger partial charge is 0.342 e. The Hall–Kier alpha value is -3.03. The Balaban J connectivity index is 1.52. The zero-order valence-electron chi connectivity index (χ0n) is 14.0. The normalized spacial score (nSPS) is 15.1. The maximum absolute atomic E-state index is 12.5. The number of nitrogens with one attached hydrogen (secondary N) is 1. The highest BCUT2D eigenvalue weighted by molar-refractivity contribution is 5.95. The van der Waals surface area contributed by atoms with Gasteiger partial charge in [0.25, 0.3) is 5.91 Å². The van der Waals surface area contributed by atoms with Gasteiger partial charge in [-0.05, 0) is 31.9 Å². The summed E-state index contributed by atoms with van der Waals surface area (Å²) in [6, 6.07) is 6.94. The van der Waals surface area contributed by atoms with Gasteiger partial charge in [-0.1, -0.05) is 17.3 Å². The third kappa shape index (κ3) is 3.15. The summed E-state index contributed by atoms with van der Waals surface area (Å²) in [6.45, 7) is 1.87. The SMILES string of the molecule is CC(NC(=O)c1cccc(-c2noc(C3CC3)n2)c1)c1ncnn1C. The Bertz CT molecular complexity index is 911. The fourth-order valence-corrected chi connectivity index (χ4v) is 2.69. The van der Waals surface area contributed by atoms with Gasteiger partial charge in [-0.3, -0.25) is 9.48 Å². The third-order valence-corrected chi connectivity index (χ3v) is 4.23. The molecule has 2 aromatic heterocycles. The van der Waals surface area contributed by atoms with Crippen molar-refractivity contribution in [3.63, 3.8) is 0 Å². The van der Waals surface area contributed by atoms with Gasteiger partial charge in [0.05, 0.1) is 6.04 Å². The molecular weight excluding hydrogens is 320 g/mol. The molecule has 1 aliphatic carbocycles. The van der Waals surface area contributed by atoms with Crippen LogP contribution in [0.1, 0.15) is 53.8 Å². The predicted octanol–water partition coefficient (Wildman–Crippen LogP) is 2.23. The Morgan fingerprint density at radius 2 is 2.24 bits per heavy atom. The van der Waals surface area contributed by atoms with E-state index in [4.69, 9.17) is 4.52 Å². The summed E-state index contributed by atoms with van der Waals surface area (Å²) < 4.78 is 6.93. The topological polar surface area (TPSA) is 98.7 Å². The van der Waals surface area contributed by atoms with Gasteiger partial charge >= 0.3 is 0 Å².